The van der Waals surface area contributed by atoms with Gasteiger partial charge in [-0.25, -0.2) is 0 Å². The number of anilines is 1. The lowest BCUT2D eigenvalue weighted by atomic mass is 10.1. The van der Waals surface area contributed by atoms with Gasteiger partial charge in [-0.3, -0.25) is 4.98 Å². The fourth-order valence-electron chi connectivity index (χ4n) is 2.16. The van der Waals surface area contributed by atoms with Crippen LogP contribution in [-0.2, 0) is 6.42 Å². The van der Waals surface area contributed by atoms with Gasteiger partial charge in [0.1, 0.15) is 5.75 Å². The van der Waals surface area contributed by atoms with E-state index in [4.69, 9.17) is 4.74 Å². The van der Waals surface area contributed by atoms with Gasteiger partial charge >= 0.3 is 0 Å². The quantitative estimate of drug-likeness (QED) is 0.810. The normalized spacial score (nSPS) is 10.8. The number of hydrogen-bond donors (Lipinski definition) is 1. The number of pyridine rings is 1. The molecule has 1 N–H and O–H groups in total. The highest BCUT2D eigenvalue weighted by Crippen LogP contribution is 2.27. The summed E-state index contributed by atoms with van der Waals surface area (Å²) in [5.74, 6) is 0.921. The van der Waals surface area contributed by atoms with Crippen LogP contribution in [0.4, 0.5) is 5.69 Å². The molecule has 20 heavy (non-hydrogen) atoms. The molecule has 0 amide bonds. The molecule has 0 radical (unpaired) electrons. The van der Waals surface area contributed by atoms with E-state index >= 15 is 0 Å². The Bertz CT molecular complexity index is 566. The summed E-state index contributed by atoms with van der Waals surface area (Å²) in [5.41, 5.74) is 3.32. The summed E-state index contributed by atoms with van der Waals surface area (Å²) >= 11 is 0. The fourth-order valence-corrected chi connectivity index (χ4v) is 2.16. The monoisotopic (exact) mass is 272 g/mol. The number of aryl methyl sites for hydroxylation is 1. The molecule has 0 aliphatic rings. The van der Waals surface area contributed by atoms with E-state index in [2.05, 4.69) is 49.3 Å². The molecule has 3 nitrogen and oxygen atoms in total. The molecule has 3 heteroatoms. The summed E-state index contributed by atoms with van der Waals surface area (Å²) in [6, 6.07) is 8.31. The van der Waals surface area contributed by atoms with E-state index in [9.17, 15) is 0 Å². The summed E-state index contributed by atoms with van der Waals surface area (Å²) in [5, 5.41) is 4.64. The van der Waals surface area contributed by atoms with E-state index in [1.54, 1.807) is 0 Å². The average molecular weight is 272 g/mol. The number of hydrogen-bond acceptors (Lipinski definition) is 3. The lowest BCUT2D eigenvalue weighted by Crippen LogP contribution is -2.03. The molecule has 1 aromatic carbocycles. The topological polar surface area (TPSA) is 34.2 Å². The highest BCUT2D eigenvalue weighted by molar-refractivity contribution is 5.92. The van der Waals surface area contributed by atoms with Crippen LogP contribution in [0.1, 0.15) is 39.3 Å². The first-order valence-electron chi connectivity index (χ1n) is 7.58. The summed E-state index contributed by atoms with van der Waals surface area (Å²) in [6.45, 7) is 8.15. The molecule has 0 fully saturated rings. The van der Waals surface area contributed by atoms with Crippen LogP contribution in [0.3, 0.4) is 0 Å². The van der Waals surface area contributed by atoms with Crippen molar-refractivity contribution in [1.29, 1.82) is 0 Å². The second-order valence-electron chi connectivity index (χ2n) is 4.97. The Morgan fingerprint density at radius 3 is 2.65 bits per heavy atom. The first-order chi connectivity index (χ1) is 9.78. The zero-order valence-electron chi connectivity index (χ0n) is 12.7. The van der Waals surface area contributed by atoms with Crippen molar-refractivity contribution >= 4 is 16.6 Å². The number of benzene rings is 1. The molecule has 2 rings (SSSR count). The molecule has 108 valence electrons. The second kappa shape index (κ2) is 7.13. The highest BCUT2D eigenvalue weighted by atomic mass is 16.5. The maximum absolute atomic E-state index is 5.72. The van der Waals surface area contributed by atoms with E-state index in [1.165, 1.54) is 0 Å². The third-order valence-corrected chi connectivity index (χ3v) is 3.23. The Labute approximate surface area is 121 Å². The molecule has 0 spiro atoms. The Morgan fingerprint density at radius 1 is 1.10 bits per heavy atom. The van der Waals surface area contributed by atoms with Gasteiger partial charge in [-0.1, -0.05) is 20.8 Å². The van der Waals surface area contributed by atoms with Crippen molar-refractivity contribution in [1.82, 2.24) is 4.98 Å². The number of nitrogens with zero attached hydrogens (tertiary/aromatic N) is 1. The molecular weight excluding hydrogens is 248 g/mol. The lowest BCUT2D eigenvalue weighted by molar-refractivity contribution is 0.318. The van der Waals surface area contributed by atoms with Gasteiger partial charge in [-0.2, -0.15) is 0 Å². The van der Waals surface area contributed by atoms with Crippen LogP contribution in [0, 0.1) is 0 Å². The van der Waals surface area contributed by atoms with Gasteiger partial charge in [0.15, 0.2) is 0 Å². The Morgan fingerprint density at radius 2 is 1.95 bits per heavy atom. The van der Waals surface area contributed by atoms with Gasteiger partial charge in [0.05, 0.1) is 12.1 Å². The van der Waals surface area contributed by atoms with E-state index in [0.717, 1.165) is 60.4 Å². The third kappa shape index (κ3) is 3.41. The van der Waals surface area contributed by atoms with Crippen molar-refractivity contribution in [2.75, 3.05) is 18.5 Å². The smallest absolute Gasteiger partial charge is 0.120 e. The summed E-state index contributed by atoms with van der Waals surface area (Å²) in [7, 11) is 0. The number of nitrogens with one attached hydrogen (secondary N) is 1. The fraction of sp³-hybridized carbons (Fsp3) is 0.471. The first kappa shape index (κ1) is 14.6. The largest absolute Gasteiger partial charge is 0.494 e. The summed E-state index contributed by atoms with van der Waals surface area (Å²) in [4.78, 5) is 4.69. The van der Waals surface area contributed by atoms with Gasteiger partial charge in [-0.05, 0) is 43.5 Å². The van der Waals surface area contributed by atoms with Crippen LogP contribution in [0.25, 0.3) is 10.9 Å². The van der Waals surface area contributed by atoms with Crippen molar-refractivity contribution in [3.63, 3.8) is 0 Å². The molecule has 0 saturated carbocycles. The Balaban J connectivity index is 2.41. The molecule has 0 aliphatic carbocycles. The van der Waals surface area contributed by atoms with Gasteiger partial charge in [0, 0.05) is 23.3 Å². The number of fused-ring (bicyclic) bond motifs is 1. The number of rotatable bonds is 7. The van der Waals surface area contributed by atoms with Gasteiger partial charge in [0.25, 0.3) is 0 Å². The number of aromatic nitrogens is 1. The minimum atomic E-state index is 0.754. The summed E-state index contributed by atoms with van der Waals surface area (Å²) in [6.07, 6.45) is 3.08. The zero-order chi connectivity index (χ0) is 14.4. The summed E-state index contributed by atoms with van der Waals surface area (Å²) < 4.78 is 5.72. The highest BCUT2D eigenvalue weighted by Gasteiger charge is 2.06. The zero-order valence-corrected chi connectivity index (χ0v) is 12.7. The van der Waals surface area contributed by atoms with E-state index < -0.39 is 0 Å². The van der Waals surface area contributed by atoms with Crippen molar-refractivity contribution in [2.24, 2.45) is 0 Å². The van der Waals surface area contributed by atoms with Crippen molar-refractivity contribution in [2.45, 2.75) is 40.0 Å². The predicted molar refractivity (Wildman–Crippen MR) is 85.7 cm³/mol. The lowest BCUT2D eigenvalue weighted by Gasteiger charge is -2.12. The molecule has 0 atom stereocenters. The standard InChI is InChI=1S/C17H24N2O/c1-4-9-18-17-11-13(6-3)19-16-8-7-14(12-15(16)17)20-10-5-2/h7-8,11-12H,4-6,9-10H2,1-3H3,(H,18,19). The minimum absolute atomic E-state index is 0.754. The van der Waals surface area contributed by atoms with Crippen LogP contribution >= 0.6 is 0 Å². The van der Waals surface area contributed by atoms with E-state index in [-0.39, 0.29) is 0 Å². The average Bonchev–Trinajstić information content (AvgIpc) is 2.50. The second-order valence-corrected chi connectivity index (χ2v) is 4.97. The molecule has 0 aliphatic heterocycles. The maximum atomic E-state index is 5.72. The van der Waals surface area contributed by atoms with Gasteiger partial charge < -0.3 is 10.1 Å². The van der Waals surface area contributed by atoms with Crippen LogP contribution in [0.5, 0.6) is 5.75 Å². The first-order valence-corrected chi connectivity index (χ1v) is 7.58. The number of ether oxygens (including phenoxy) is 1. The van der Waals surface area contributed by atoms with E-state index in [0.29, 0.717) is 0 Å². The Hall–Kier alpha value is -1.77. The molecular formula is C17H24N2O. The van der Waals surface area contributed by atoms with Crippen molar-refractivity contribution < 1.29 is 4.74 Å². The molecule has 1 aromatic heterocycles. The maximum Gasteiger partial charge on any atom is 0.120 e. The van der Waals surface area contributed by atoms with Crippen LogP contribution in [0.2, 0.25) is 0 Å². The van der Waals surface area contributed by atoms with Crippen molar-refractivity contribution in [3.05, 3.63) is 30.0 Å². The van der Waals surface area contributed by atoms with Gasteiger partial charge in [-0.15, -0.1) is 0 Å². The van der Waals surface area contributed by atoms with Gasteiger partial charge in [0.2, 0.25) is 0 Å². The molecule has 0 saturated heterocycles. The molecule has 1 heterocycles. The third-order valence-electron chi connectivity index (χ3n) is 3.23. The minimum Gasteiger partial charge on any atom is -0.494 e. The Kier molecular flexibility index (Phi) is 5.22. The van der Waals surface area contributed by atoms with Crippen LogP contribution in [0.15, 0.2) is 24.3 Å². The molecule has 0 unspecified atom stereocenters. The predicted octanol–water partition coefficient (Wildman–Crippen LogP) is 4.41. The molecule has 2 aromatic rings. The van der Waals surface area contributed by atoms with E-state index in [1.807, 2.05) is 6.07 Å². The SMILES string of the molecule is CCCNc1cc(CC)nc2ccc(OCCC)cc12. The van der Waals surface area contributed by atoms with Crippen LogP contribution < -0.4 is 10.1 Å². The molecule has 0 bridgehead atoms. The van der Waals surface area contributed by atoms with Crippen molar-refractivity contribution in [3.8, 4) is 5.75 Å². The van der Waals surface area contributed by atoms with Crippen LogP contribution in [-0.4, -0.2) is 18.1 Å².